The van der Waals surface area contributed by atoms with Crippen LogP contribution in [0.3, 0.4) is 0 Å². The van der Waals surface area contributed by atoms with Crippen LogP contribution in [-0.4, -0.2) is 60.1 Å². The summed E-state index contributed by atoms with van der Waals surface area (Å²) in [6.07, 6.45) is 0. The molecule has 26 heavy (non-hydrogen) atoms. The first-order valence-corrected chi connectivity index (χ1v) is 8.74. The van der Waals surface area contributed by atoms with Gasteiger partial charge in [0.1, 0.15) is 0 Å². The first kappa shape index (κ1) is 17.9. The van der Waals surface area contributed by atoms with Crippen molar-refractivity contribution in [3.8, 4) is 0 Å². The second kappa shape index (κ2) is 8.49. The minimum atomic E-state index is -0.934. The molecular formula is C20H24N4O2. The number of aromatic carboxylic acids is 1. The van der Waals surface area contributed by atoms with Crippen molar-refractivity contribution in [3.63, 3.8) is 0 Å². The SMILES string of the molecule is CN1CCN(C(=NCc2ccccc2)Nc2cccc(C(=O)O)c2)CC1. The molecule has 0 amide bonds. The maximum Gasteiger partial charge on any atom is 0.335 e. The second-order valence-electron chi connectivity index (χ2n) is 6.43. The van der Waals surface area contributed by atoms with Crippen LogP contribution >= 0.6 is 0 Å². The summed E-state index contributed by atoms with van der Waals surface area (Å²) < 4.78 is 0. The van der Waals surface area contributed by atoms with Gasteiger partial charge in [-0.1, -0.05) is 36.4 Å². The Labute approximate surface area is 153 Å². The number of hydrogen-bond donors (Lipinski definition) is 2. The Morgan fingerprint density at radius 2 is 1.81 bits per heavy atom. The maximum atomic E-state index is 11.2. The molecule has 0 saturated carbocycles. The van der Waals surface area contributed by atoms with Crippen molar-refractivity contribution in [2.75, 3.05) is 38.5 Å². The van der Waals surface area contributed by atoms with Gasteiger partial charge in [0.05, 0.1) is 12.1 Å². The van der Waals surface area contributed by atoms with E-state index in [1.165, 1.54) is 0 Å². The third-order valence-electron chi connectivity index (χ3n) is 4.42. The molecule has 3 rings (SSSR count). The van der Waals surface area contributed by atoms with Gasteiger partial charge in [0.25, 0.3) is 0 Å². The predicted octanol–water partition coefficient (Wildman–Crippen LogP) is 2.60. The zero-order chi connectivity index (χ0) is 18.4. The van der Waals surface area contributed by atoms with Gasteiger partial charge in [-0.3, -0.25) is 0 Å². The molecule has 0 unspecified atom stereocenters. The van der Waals surface area contributed by atoms with Crippen molar-refractivity contribution >= 4 is 17.6 Å². The molecule has 1 saturated heterocycles. The summed E-state index contributed by atoms with van der Waals surface area (Å²) >= 11 is 0. The second-order valence-corrected chi connectivity index (χ2v) is 6.43. The number of benzene rings is 2. The number of carboxylic acids is 1. The molecule has 6 heteroatoms. The fourth-order valence-corrected chi connectivity index (χ4v) is 2.85. The van der Waals surface area contributed by atoms with Crippen LogP contribution in [0.4, 0.5) is 5.69 Å². The van der Waals surface area contributed by atoms with E-state index in [1.807, 2.05) is 24.3 Å². The monoisotopic (exact) mass is 352 g/mol. The third-order valence-corrected chi connectivity index (χ3v) is 4.42. The maximum absolute atomic E-state index is 11.2. The number of nitrogens with zero attached hydrogens (tertiary/aromatic N) is 3. The smallest absolute Gasteiger partial charge is 0.335 e. The van der Waals surface area contributed by atoms with E-state index >= 15 is 0 Å². The van der Waals surface area contributed by atoms with Crippen LogP contribution in [0.1, 0.15) is 15.9 Å². The molecule has 1 aliphatic rings. The van der Waals surface area contributed by atoms with Crippen LogP contribution < -0.4 is 5.32 Å². The van der Waals surface area contributed by atoms with Crippen molar-refractivity contribution in [2.24, 2.45) is 4.99 Å². The molecule has 0 aromatic heterocycles. The van der Waals surface area contributed by atoms with Gasteiger partial charge in [0.2, 0.25) is 0 Å². The summed E-state index contributed by atoms with van der Waals surface area (Å²) in [5.41, 5.74) is 2.13. The summed E-state index contributed by atoms with van der Waals surface area (Å²) in [6, 6.07) is 16.9. The first-order valence-electron chi connectivity index (χ1n) is 8.74. The van der Waals surface area contributed by atoms with Crippen molar-refractivity contribution < 1.29 is 9.90 Å². The highest BCUT2D eigenvalue weighted by molar-refractivity contribution is 5.95. The molecule has 0 atom stereocenters. The molecule has 0 radical (unpaired) electrons. The van der Waals surface area contributed by atoms with E-state index in [9.17, 15) is 9.90 Å². The number of carbonyl (C=O) groups is 1. The Morgan fingerprint density at radius 1 is 1.08 bits per heavy atom. The van der Waals surface area contributed by atoms with Gasteiger partial charge in [-0.05, 0) is 30.8 Å². The molecule has 1 heterocycles. The molecule has 1 fully saturated rings. The fourth-order valence-electron chi connectivity index (χ4n) is 2.85. The summed E-state index contributed by atoms with van der Waals surface area (Å²) in [5, 5.41) is 12.5. The highest BCUT2D eigenvalue weighted by Gasteiger charge is 2.18. The average Bonchev–Trinajstić information content (AvgIpc) is 2.67. The summed E-state index contributed by atoms with van der Waals surface area (Å²) in [6.45, 7) is 4.29. The zero-order valence-electron chi connectivity index (χ0n) is 14.9. The number of likely N-dealkylation sites (N-methyl/N-ethyl adjacent to an activating group) is 1. The highest BCUT2D eigenvalue weighted by atomic mass is 16.4. The summed E-state index contributed by atoms with van der Waals surface area (Å²) in [5.74, 6) is -0.152. The van der Waals surface area contributed by atoms with Gasteiger partial charge in [0.15, 0.2) is 5.96 Å². The van der Waals surface area contributed by atoms with E-state index in [-0.39, 0.29) is 5.56 Å². The topological polar surface area (TPSA) is 68.2 Å². The van der Waals surface area contributed by atoms with Gasteiger partial charge in [-0.15, -0.1) is 0 Å². The number of hydrogen-bond acceptors (Lipinski definition) is 3. The molecule has 2 aromatic carbocycles. The molecule has 2 aromatic rings. The number of guanidine groups is 1. The number of aliphatic imine (C=N–C) groups is 1. The molecule has 0 aliphatic carbocycles. The van der Waals surface area contributed by atoms with Gasteiger partial charge >= 0.3 is 5.97 Å². The largest absolute Gasteiger partial charge is 0.478 e. The Balaban J connectivity index is 1.80. The van der Waals surface area contributed by atoms with Crippen LogP contribution in [0.2, 0.25) is 0 Å². The number of rotatable bonds is 4. The lowest BCUT2D eigenvalue weighted by molar-refractivity contribution is 0.0697. The lowest BCUT2D eigenvalue weighted by atomic mass is 10.2. The van der Waals surface area contributed by atoms with Crippen molar-refractivity contribution in [1.82, 2.24) is 9.80 Å². The normalized spacial score (nSPS) is 15.7. The molecule has 0 spiro atoms. The Hall–Kier alpha value is -2.86. The predicted molar refractivity (Wildman–Crippen MR) is 104 cm³/mol. The number of piperazine rings is 1. The minimum Gasteiger partial charge on any atom is -0.478 e. The molecule has 1 aliphatic heterocycles. The third kappa shape index (κ3) is 4.83. The Morgan fingerprint density at radius 3 is 2.50 bits per heavy atom. The quantitative estimate of drug-likeness (QED) is 0.654. The summed E-state index contributed by atoms with van der Waals surface area (Å²) in [7, 11) is 2.11. The van der Waals surface area contributed by atoms with E-state index in [0.29, 0.717) is 6.54 Å². The van der Waals surface area contributed by atoms with Crippen LogP contribution in [0, 0.1) is 0 Å². The van der Waals surface area contributed by atoms with Gasteiger partial charge in [-0.25, -0.2) is 9.79 Å². The number of carboxylic acid groups (broad SMARTS) is 1. The molecule has 2 N–H and O–H groups in total. The molecule has 6 nitrogen and oxygen atoms in total. The van der Waals surface area contributed by atoms with Crippen molar-refractivity contribution in [3.05, 3.63) is 65.7 Å². The standard InChI is InChI=1S/C20H24N4O2/c1-23-10-12-24(13-11-23)20(21-15-16-6-3-2-4-7-16)22-18-9-5-8-17(14-18)19(25)26/h2-9,14H,10-13,15H2,1H3,(H,21,22)(H,25,26). The van der Waals surface area contributed by atoms with Crippen molar-refractivity contribution in [1.29, 1.82) is 0 Å². The van der Waals surface area contributed by atoms with Gasteiger partial charge < -0.3 is 20.2 Å². The molecule has 0 bridgehead atoms. The van der Waals surface area contributed by atoms with Crippen LogP contribution in [0.5, 0.6) is 0 Å². The average molecular weight is 352 g/mol. The zero-order valence-corrected chi connectivity index (χ0v) is 14.9. The summed E-state index contributed by atoms with van der Waals surface area (Å²) in [4.78, 5) is 20.5. The molecule has 136 valence electrons. The highest BCUT2D eigenvalue weighted by Crippen LogP contribution is 2.13. The lowest BCUT2D eigenvalue weighted by Crippen LogP contribution is -2.49. The lowest BCUT2D eigenvalue weighted by Gasteiger charge is -2.34. The first-order chi connectivity index (χ1) is 12.6. The van der Waals surface area contributed by atoms with E-state index in [2.05, 4.69) is 34.3 Å². The van der Waals surface area contributed by atoms with E-state index < -0.39 is 5.97 Å². The van der Waals surface area contributed by atoms with E-state index in [1.54, 1.807) is 18.2 Å². The van der Waals surface area contributed by atoms with E-state index in [4.69, 9.17) is 4.99 Å². The van der Waals surface area contributed by atoms with Gasteiger partial charge in [-0.2, -0.15) is 0 Å². The number of anilines is 1. The van der Waals surface area contributed by atoms with Crippen LogP contribution in [0.15, 0.2) is 59.6 Å². The van der Waals surface area contributed by atoms with Gasteiger partial charge in [0, 0.05) is 31.9 Å². The van der Waals surface area contributed by atoms with Crippen molar-refractivity contribution in [2.45, 2.75) is 6.54 Å². The Bertz CT molecular complexity index is 768. The van der Waals surface area contributed by atoms with Crippen LogP contribution in [-0.2, 0) is 6.54 Å². The minimum absolute atomic E-state index is 0.260. The number of nitrogens with one attached hydrogen (secondary N) is 1. The fraction of sp³-hybridized carbons (Fsp3) is 0.300. The molecular weight excluding hydrogens is 328 g/mol. The Kier molecular flexibility index (Phi) is 5.86. The van der Waals surface area contributed by atoms with Crippen LogP contribution in [0.25, 0.3) is 0 Å². The van der Waals surface area contributed by atoms with E-state index in [0.717, 1.165) is 43.4 Å².